The predicted octanol–water partition coefficient (Wildman–Crippen LogP) is 3.02. The molecule has 7 heteroatoms. The highest BCUT2D eigenvalue weighted by Gasteiger charge is 2.26. The number of aromatic nitrogens is 4. The molecule has 5 rings (SSSR count). The lowest BCUT2D eigenvalue weighted by atomic mass is 9.95. The fourth-order valence-corrected chi connectivity index (χ4v) is 4.43. The van der Waals surface area contributed by atoms with Gasteiger partial charge in [0.15, 0.2) is 11.5 Å². The molecule has 2 fully saturated rings. The molecular weight excluding hydrogens is 364 g/mol. The van der Waals surface area contributed by atoms with Crippen LogP contribution >= 0.6 is 0 Å². The lowest BCUT2D eigenvalue weighted by Gasteiger charge is -2.36. The minimum Gasteiger partial charge on any atom is -0.355 e. The highest BCUT2D eigenvalue weighted by Crippen LogP contribution is 2.25. The van der Waals surface area contributed by atoms with E-state index in [1.807, 2.05) is 47.0 Å². The Morgan fingerprint density at radius 1 is 0.931 bits per heavy atom. The first kappa shape index (κ1) is 18.1. The maximum absolute atomic E-state index is 12.1. The van der Waals surface area contributed by atoms with Crippen molar-refractivity contribution >= 4 is 17.4 Å². The zero-order chi connectivity index (χ0) is 19.6. The number of carbonyl (C=O) groups excluding carboxylic acids is 1. The summed E-state index contributed by atoms with van der Waals surface area (Å²) in [4.78, 5) is 16.5. The summed E-state index contributed by atoms with van der Waals surface area (Å²) in [5.74, 6) is 2.65. The summed E-state index contributed by atoms with van der Waals surface area (Å²) in [6.45, 7) is 3.79. The molecule has 29 heavy (non-hydrogen) atoms. The second-order valence-corrected chi connectivity index (χ2v) is 8.08. The molecule has 2 aliphatic rings. The summed E-state index contributed by atoms with van der Waals surface area (Å²) in [6.07, 6.45) is 5.12. The van der Waals surface area contributed by atoms with E-state index in [0.29, 0.717) is 11.8 Å². The van der Waals surface area contributed by atoms with E-state index in [2.05, 4.69) is 20.0 Å². The van der Waals surface area contributed by atoms with E-state index >= 15 is 0 Å². The second kappa shape index (κ2) is 7.81. The predicted molar refractivity (Wildman–Crippen MR) is 112 cm³/mol. The average Bonchev–Trinajstić information content (AvgIpc) is 3.20. The molecule has 0 atom stereocenters. The van der Waals surface area contributed by atoms with Crippen LogP contribution in [0.5, 0.6) is 0 Å². The first-order valence-corrected chi connectivity index (χ1v) is 10.6. The monoisotopic (exact) mass is 390 g/mol. The lowest BCUT2D eigenvalue weighted by molar-refractivity contribution is -0.134. The number of benzene rings is 1. The van der Waals surface area contributed by atoms with Crippen molar-refractivity contribution in [1.82, 2.24) is 24.7 Å². The first-order chi connectivity index (χ1) is 14.3. The molecule has 0 radical (unpaired) electrons. The van der Waals surface area contributed by atoms with Crippen LogP contribution in [0.3, 0.4) is 0 Å². The van der Waals surface area contributed by atoms with Crippen LogP contribution in [0.4, 0.5) is 5.82 Å². The molecule has 0 unspecified atom stereocenters. The van der Waals surface area contributed by atoms with Gasteiger partial charge < -0.3 is 9.80 Å². The third-order valence-corrected chi connectivity index (χ3v) is 6.12. The van der Waals surface area contributed by atoms with Gasteiger partial charge in [0.05, 0.1) is 0 Å². The summed E-state index contributed by atoms with van der Waals surface area (Å²) in [5.41, 5.74) is 1.76. The van der Waals surface area contributed by atoms with Gasteiger partial charge in [0, 0.05) is 38.2 Å². The lowest BCUT2D eigenvalue weighted by Crippen LogP contribution is -2.43. The number of likely N-dealkylation sites (tertiary alicyclic amines) is 1. The number of rotatable bonds is 4. The number of piperidine rings is 2. The maximum Gasteiger partial charge on any atom is 0.222 e. The van der Waals surface area contributed by atoms with Crippen molar-refractivity contribution in [2.75, 3.05) is 31.1 Å². The van der Waals surface area contributed by atoms with Crippen molar-refractivity contribution in [2.24, 2.45) is 5.92 Å². The van der Waals surface area contributed by atoms with Gasteiger partial charge >= 0.3 is 0 Å². The number of anilines is 1. The quantitative estimate of drug-likeness (QED) is 0.685. The summed E-state index contributed by atoms with van der Waals surface area (Å²) < 4.78 is 1.84. The first-order valence-electron chi connectivity index (χ1n) is 10.6. The molecule has 150 valence electrons. The summed E-state index contributed by atoms with van der Waals surface area (Å²) in [6, 6.07) is 14.1. The van der Waals surface area contributed by atoms with Crippen LogP contribution in [0.25, 0.3) is 17.0 Å². The Kier molecular flexibility index (Phi) is 4.87. The zero-order valence-electron chi connectivity index (χ0n) is 16.6. The van der Waals surface area contributed by atoms with Crippen LogP contribution in [-0.4, -0.2) is 56.8 Å². The SMILES string of the molecule is O=C1CCCCN1CC1CCN(c2ccc3nnc(-c4ccccc4)n3n2)CC1. The summed E-state index contributed by atoms with van der Waals surface area (Å²) >= 11 is 0. The highest BCUT2D eigenvalue weighted by molar-refractivity contribution is 5.76. The van der Waals surface area contributed by atoms with Crippen LogP contribution in [0.1, 0.15) is 32.1 Å². The van der Waals surface area contributed by atoms with Gasteiger partial charge in [-0.1, -0.05) is 30.3 Å². The third kappa shape index (κ3) is 3.69. The third-order valence-electron chi connectivity index (χ3n) is 6.12. The Morgan fingerprint density at radius 2 is 1.76 bits per heavy atom. The van der Waals surface area contributed by atoms with Crippen LogP contribution in [0, 0.1) is 5.92 Å². The molecule has 0 aliphatic carbocycles. The smallest absolute Gasteiger partial charge is 0.222 e. The minimum atomic E-state index is 0.340. The van der Waals surface area contributed by atoms with E-state index in [0.717, 1.165) is 81.1 Å². The molecule has 2 aromatic heterocycles. The van der Waals surface area contributed by atoms with Crippen molar-refractivity contribution in [1.29, 1.82) is 0 Å². The molecule has 3 aromatic rings. The molecule has 1 amide bonds. The van der Waals surface area contributed by atoms with E-state index in [9.17, 15) is 4.79 Å². The molecular formula is C22H26N6O. The standard InChI is InChI=1S/C22H26N6O/c29-21-8-4-5-13-27(21)16-17-11-14-26(15-12-17)20-10-9-19-23-24-22(28(19)25-20)18-6-2-1-3-7-18/h1-3,6-7,9-10,17H,4-5,8,11-16H2. The molecule has 2 aliphatic heterocycles. The maximum atomic E-state index is 12.1. The molecule has 0 N–H and O–H groups in total. The van der Waals surface area contributed by atoms with E-state index in [1.54, 1.807) is 0 Å². The van der Waals surface area contributed by atoms with Crippen LogP contribution in [-0.2, 0) is 4.79 Å². The number of hydrogen-bond acceptors (Lipinski definition) is 5. The number of carbonyl (C=O) groups is 1. The summed E-state index contributed by atoms with van der Waals surface area (Å²) in [7, 11) is 0. The largest absolute Gasteiger partial charge is 0.355 e. The Labute approximate surface area is 170 Å². The van der Waals surface area contributed by atoms with Gasteiger partial charge in [-0.15, -0.1) is 15.3 Å². The van der Waals surface area contributed by atoms with E-state index in [-0.39, 0.29) is 0 Å². The second-order valence-electron chi connectivity index (χ2n) is 8.08. The van der Waals surface area contributed by atoms with Crippen molar-refractivity contribution in [3.8, 4) is 11.4 Å². The van der Waals surface area contributed by atoms with Gasteiger partial charge in [-0.2, -0.15) is 4.52 Å². The van der Waals surface area contributed by atoms with Gasteiger partial charge in [0.1, 0.15) is 5.82 Å². The van der Waals surface area contributed by atoms with Crippen molar-refractivity contribution < 1.29 is 4.79 Å². The number of nitrogens with zero attached hydrogens (tertiary/aromatic N) is 6. The van der Waals surface area contributed by atoms with Crippen molar-refractivity contribution in [3.05, 3.63) is 42.5 Å². The van der Waals surface area contributed by atoms with Crippen LogP contribution in [0.2, 0.25) is 0 Å². The normalized spacial score (nSPS) is 18.6. The van der Waals surface area contributed by atoms with Gasteiger partial charge in [-0.05, 0) is 43.7 Å². The van der Waals surface area contributed by atoms with Gasteiger partial charge in [0.2, 0.25) is 5.91 Å². The fourth-order valence-electron chi connectivity index (χ4n) is 4.43. The molecule has 2 saturated heterocycles. The number of fused-ring (bicyclic) bond motifs is 1. The van der Waals surface area contributed by atoms with Crippen LogP contribution < -0.4 is 4.90 Å². The minimum absolute atomic E-state index is 0.340. The van der Waals surface area contributed by atoms with E-state index in [1.165, 1.54) is 0 Å². The van der Waals surface area contributed by atoms with Gasteiger partial charge in [-0.25, -0.2) is 0 Å². The highest BCUT2D eigenvalue weighted by atomic mass is 16.2. The van der Waals surface area contributed by atoms with Gasteiger partial charge in [0.25, 0.3) is 0 Å². The fraction of sp³-hybridized carbons (Fsp3) is 0.455. The Bertz CT molecular complexity index is 993. The Hall–Kier alpha value is -2.96. The van der Waals surface area contributed by atoms with Gasteiger partial charge in [-0.3, -0.25) is 4.79 Å². The molecule has 0 spiro atoms. The van der Waals surface area contributed by atoms with Crippen LogP contribution in [0.15, 0.2) is 42.5 Å². The molecule has 4 heterocycles. The summed E-state index contributed by atoms with van der Waals surface area (Å²) in [5, 5.41) is 13.4. The topological polar surface area (TPSA) is 66.6 Å². The zero-order valence-corrected chi connectivity index (χ0v) is 16.6. The van der Waals surface area contributed by atoms with Crippen molar-refractivity contribution in [3.63, 3.8) is 0 Å². The molecule has 0 bridgehead atoms. The number of amides is 1. The van der Waals surface area contributed by atoms with Crippen molar-refractivity contribution in [2.45, 2.75) is 32.1 Å². The Morgan fingerprint density at radius 3 is 2.55 bits per heavy atom. The van der Waals surface area contributed by atoms with E-state index < -0.39 is 0 Å². The van der Waals surface area contributed by atoms with E-state index in [4.69, 9.17) is 5.10 Å². The average molecular weight is 390 g/mol. The Balaban J connectivity index is 1.29. The number of hydrogen-bond donors (Lipinski definition) is 0. The molecule has 1 aromatic carbocycles. The molecule has 7 nitrogen and oxygen atoms in total. The molecule has 0 saturated carbocycles.